The van der Waals surface area contributed by atoms with Crippen molar-refractivity contribution in [2.75, 3.05) is 0 Å². The lowest BCUT2D eigenvalue weighted by Crippen LogP contribution is -1.99. The number of allylic oxidation sites excluding steroid dienone is 1. The first kappa shape index (κ1) is 25.0. The van der Waals surface area contributed by atoms with Crippen LogP contribution in [-0.2, 0) is 6.42 Å². The second-order valence-corrected chi connectivity index (χ2v) is 10.6. The highest BCUT2D eigenvalue weighted by Crippen LogP contribution is 2.34. The summed E-state index contributed by atoms with van der Waals surface area (Å²) >= 11 is 0. The zero-order valence-corrected chi connectivity index (χ0v) is 23.3. The van der Waals surface area contributed by atoms with Gasteiger partial charge in [0.15, 0.2) is 5.82 Å². The zero-order valence-electron chi connectivity index (χ0n) is 23.3. The molecule has 5 aromatic heterocycles. The Hall–Kier alpha value is -5.75. The van der Waals surface area contributed by atoms with Crippen LogP contribution in [0.1, 0.15) is 17.7 Å². The van der Waals surface area contributed by atoms with Gasteiger partial charge in [-0.25, -0.2) is 14.5 Å². The normalized spacial score (nSPS) is 12.4. The molecule has 1 aliphatic rings. The van der Waals surface area contributed by atoms with Crippen molar-refractivity contribution in [2.24, 2.45) is 0 Å². The number of aryl methyl sites for hydroxylation is 1. The first-order valence-electron chi connectivity index (χ1n) is 14.4. The first-order chi connectivity index (χ1) is 21.3. The third kappa shape index (κ3) is 4.69. The number of nitrogens with zero attached hydrogens (tertiary/aromatic N) is 6. The summed E-state index contributed by atoms with van der Waals surface area (Å²) in [6.07, 6.45) is 15.5. The average Bonchev–Trinajstić information content (AvgIpc) is 3.48. The fourth-order valence-corrected chi connectivity index (χ4v) is 5.78. The van der Waals surface area contributed by atoms with Crippen LogP contribution in [-0.4, -0.2) is 29.5 Å². The monoisotopic (exact) mass is 554 g/mol. The van der Waals surface area contributed by atoms with E-state index in [1.54, 1.807) is 0 Å². The second-order valence-electron chi connectivity index (χ2n) is 10.6. The highest BCUT2D eigenvalue weighted by Gasteiger charge is 2.19. The van der Waals surface area contributed by atoms with Crippen LogP contribution in [0.3, 0.4) is 0 Å². The van der Waals surface area contributed by atoms with E-state index < -0.39 is 0 Å². The Morgan fingerprint density at radius 1 is 0.581 bits per heavy atom. The molecule has 0 amide bonds. The Labute approximate surface area is 249 Å². The molecule has 0 fully saturated rings. The van der Waals surface area contributed by atoms with Gasteiger partial charge < -0.3 is 0 Å². The van der Waals surface area contributed by atoms with Crippen molar-refractivity contribution in [1.29, 1.82) is 0 Å². The van der Waals surface area contributed by atoms with E-state index in [1.165, 1.54) is 5.56 Å². The third-order valence-corrected chi connectivity index (χ3v) is 7.98. The van der Waals surface area contributed by atoms with Crippen molar-refractivity contribution in [3.63, 3.8) is 0 Å². The predicted octanol–water partition coefficient (Wildman–Crippen LogP) is 8.21. The predicted molar refractivity (Wildman–Crippen MR) is 171 cm³/mol. The van der Waals surface area contributed by atoms with E-state index in [4.69, 9.17) is 15.1 Å². The lowest BCUT2D eigenvalue weighted by Gasteiger charge is -2.12. The SMILES string of the molecule is C1=Cc2nn3cccc(-c4nc(-c5ccc(-c6ccncc6)cc5)cc(-c5ccc(-c6ccncc6)cc5)n4)c3c2CC1. The van der Waals surface area contributed by atoms with Gasteiger partial charge in [0.05, 0.1) is 22.6 Å². The van der Waals surface area contributed by atoms with E-state index in [2.05, 4.69) is 82.8 Å². The molecule has 0 radical (unpaired) electrons. The van der Waals surface area contributed by atoms with Crippen molar-refractivity contribution < 1.29 is 0 Å². The van der Waals surface area contributed by atoms with E-state index in [9.17, 15) is 0 Å². The van der Waals surface area contributed by atoms with Gasteiger partial charge in [0.1, 0.15) is 0 Å². The molecule has 0 spiro atoms. The third-order valence-electron chi connectivity index (χ3n) is 7.98. The number of rotatable bonds is 5. The zero-order chi connectivity index (χ0) is 28.6. The van der Waals surface area contributed by atoms with Crippen molar-refractivity contribution >= 4 is 11.6 Å². The highest BCUT2D eigenvalue weighted by molar-refractivity contribution is 5.84. The Morgan fingerprint density at radius 3 is 1.70 bits per heavy atom. The van der Waals surface area contributed by atoms with Crippen LogP contribution in [0.5, 0.6) is 0 Å². The molecule has 204 valence electrons. The molecule has 6 heteroatoms. The van der Waals surface area contributed by atoms with Gasteiger partial charge in [-0.15, -0.1) is 0 Å². The van der Waals surface area contributed by atoms with E-state index >= 15 is 0 Å². The van der Waals surface area contributed by atoms with Gasteiger partial charge >= 0.3 is 0 Å². The molecule has 0 bridgehead atoms. The maximum absolute atomic E-state index is 5.16. The molecule has 0 N–H and O–H groups in total. The minimum Gasteiger partial charge on any atom is -0.265 e. The molecule has 0 saturated carbocycles. The number of aromatic nitrogens is 6. The Morgan fingerprint density at radius 2 is 1.12 bits per heavy atom. The molecule has 0 unspecified atom stereocenters. The first-order valence-corrected chi connectivity index (χ1v) is 14.4. The van der Waals surface area contributed by atoms with Crippen LogP contribution in [0.15, 0.2) is 128 Å². The smallest absolute Gasteiger partial charge is 0.162 e. The fourth-order valence-electron chi connectivity index (χ4n) is 5.78. The van der Waals surface area contributed by atoms with Crippen LogP contribution >= 0.6 is 0 Å². The van der Waals surface area contributed by atoms with Crippen LogP contribution in [0.2, 0.25) is 0 Å². The van der Waals surface area contributed by atoms with Gasteiger partial charge in [-0.05, 0) is 83.6 Å². The molecule has 6 nitrogen and oxygen atoms in total. The Kier molecular flexibility index (Phi) is 6.15. The average molecular weight is 555 g/mol. The molecule has 2 aromatic carbocycles. The van der Waals surface area contributed by atoms with Crippen LogP contribution in [0.4, 0.5) is 0 Å². The van der Waals surface area contributed by atoms with Crippen molar-refractivity contribution in [2.45, 2.75) is 12.8 Å². The maximum atomic E-state index is 5.16. The molecule has 0 atom stereocenters. The van der Waals surface area contributed by atoms with Gasteiger partial charge in [-0.1, -0.05) is 54.6 Å². The van der Waals surface area contributed by atoms with Crippen LogP contribution < -0.4 is 0 Å². The molecule has 43 heavy (non-hydrogen) atoms. The maximum Gasteiger partial charge on any atom is 0.162 e. The highest BCUT2D eigenvalue weighted by atomic mass is 15.2. The van der Waals surface area contributed by atoms with Gasteiger partial charge in [0.2, 0.25) is 0 Å². The number of hydrogen-bond donors (Lipinski definition) is 0. The lowest BCUT2D eigenvalue weighted by atomic mass is 9.99. The van der Waals surface area contributed by atoms with Gasteiger partial charge in [0.25, 0.3) is 0 Å². The van der Waals surface area contributed by atoms with Crippen molar-refractivity contribution in [1.82, 2.24) is 29.5 Å². The Bertz CT molecular complexity index is 2000. The summed E-state index contributed by atoms with van der Waals surface area (Å²) in [6.45, 7) is 0. The Balaban J connectivity index is 1.27. The van der Waals surface area contributed by atoms with Crippen molar-refractivity contribution in [3.05, 3.63) is 139 Å². The summed E-state index contributed by atoms with van der Waals surface area (Å²) in [7, 11) is 0. The number of hydrogen-bond acceptors (Lipinski definition) is 5. The van der Waals surface area contributed by atoms with E-state index in [0.717, 1.165) is 74.4 Å². The molecule has 5 heterocycles. The second kappa shape index (κ2) is 10.6. The number of pyridine rings is 3. The summed E-state index contributed by atoms with van der Waals surface area (Å²) in [5.41, 5.74) is 12.7. The topological polar surface area (TPSA) is 68.9 Å². The van der Waals surface area contributed by atoms with E-state index in [1.807, 2.05) is 65.8 Å². The molecule has 1 aliphatic carbocycles. The summed E-state index contributed by atoms with van der Waals surface area (Å²) in [4.78, 5) is 18.6. The van der Waals surface area contributed by atoms with Gasteiger partial charge in [-0.3, -0.25) is 9.97 Å². The van der Waals surface area contributed by atoms with E-state index in [-0.39, 0.29) is 0 Å². The van der Waals surface area contributed by atoms with Gasteiger partial charge in [0, 0.05) is 53.2 Å². The summed E-state index contributed by atoms with van der Waals surface area (Å²) in [5, 5.41) is 4.84. The number of fused-ring (bicyclic) bond motifs is 3. The van der Waals surface area contributed by atoms with Crippen molar-refractivity contribution in [3.8, 4) is 56.2 Å². The summed E-state index contributed by atoms with van der Waals surface area (Å²) in [5.74, 6) is 0.687. The molecule has 8 rings (SSSR count). The fraction of sp³-hybridized carbons (Fsp3) is 0.0541. The van der Waals surface area contributed by atoms with Crippen LogP contribution in [0, 0.1) is 0 Å². The quantitative estimate of drug-likeness (QED) is 0.214. The molecule has 0 saturated heterocycles. The van der Waals surface area contributed by atoms with Crippen LogP contribution in [0.25, 0.3) is 67.7 Å². The molecule has 0 aliphatic heterocycles. The molecular formula is C37H26N6. The molecular weight excluding hydrogens is 528 g/mol. The minimum atomic E-state index is 0.687. The van der Waals surface area contributed by atoms with Gasteiger partial charge in [-0.2, -0.15) is 5.10 Å². The van der Waals surface area contributed by atoms with E-state index in [0.29, 0.717) is 5.82 Å². The number of benzene rings is 2. The minimum absolute atomic E-state index is 0.687. The lowest BCUT2D eigenvalue weighted by molar-refractivity contribution is 0.947. The summed E-state index contributed by atoms with van der Waals surface area (Å²) in [6, 6.07) is 31.4. The largest absolute Gasteiger partial charge is 0.265 e. The summed E-state index contributed by atoms with van der Waals surface area (Å²) < 4.78 is 1.97. The molecule has 7 aromatic rings. The standard InChI is InChI=1S/C37H26N6/c1-2-6-33-31(4-1)36-32(5-3-23-43(36)42-33)37-40-34(29-11-7-25(8-12-29)27-15-19-38-20-16-27)24-35(41-37)30-13-9-26(10-14-30)28-17-21-39-22-18-28/h2-3,5-24H,1,4H2.